The number of nitrogens with one attached hydrogen (secondary N) is 1. The number of hydrogen-bond acceptors (Lipinski definition) is 6. The van der Waals surface area contributed by atoms with Crippen LogP contribution >= 0.6 is 0 Å². The molecule has 1 aromatic carbocycles. The fraction of sp³-hybridized carbons (Fsp3) is 0.280. The number of rotatable bonds is 4. The summed E-state index contributed by atoms with van der Waals surface area (Å²) in [5.41, 5.74) is 15.0. The molecule has 1 aliphatic carbocycles. The number of halogens is 1. The second kappa shape index (κ2) is 7.51. The van der Waals surface area contributed by atoms with Crippen molar-refractivity contribution in [2.24, 2.45) is 18.4 Å². The Kier molecular flexibility index (Phi) is 4.82. The van der Waals surface area contributed by atoms with Crippen molar-refractivity contribution in [2.45, 2.75) is 26.7 Å². The Labute approximate surface area is 196 Å². The highest BCUT2D eigenvalue weighted by Gasteiger charge is 2.62. The first-order chi connectivity index (χ1) is 16.1. The molecule has 0 bridgehead atoms. The number of carbonyl (C=O) groups is 1. The van der Waals surface area contributed by atoms with Crippen LogP contribution in [0.1, 0.15) is 30.9 Å². The van der Waals surface area contributed by atoms with E-state index in [1.54, 1.807) is 36.1 Å². The molecule has 1 aliphatic rings. The molecule has 3 aromatic heterocycles. The zero-order valence-corrected chi connectivity index (χ0v) is 19.4. The molecule has 1 saturated carbocycles. The van der Waals surface area contributed by atoms with Gasteiger partial charge in [-0.15, -0.1) is 0 Å². The van der Waals surface area contributed by atoms with Crippen LogP contribution in [0.4, 0.5) is 21.6 Å². The molecule has 8 nitrogen and oxygen atoms in total. The number of aromatic nitrogens is 4. The van der Waals surface area contributed by atoms with Gasteiger partial charge in [0.2, 0.25) is 5.91 Å². The Hall–Kier alpha value is -4.01. The monoisotopic (exact) mass is 459 g/mol. The number of fused-ring (bicyclic) bond motifs is 1. The second-order valence-corrected chi connectivity index (χ2v) is 9.56. The maximum atomic E-state index is 15.1. The van der Waals surface area contributed by atoms with Crippen molar-refractivity contribution < 1.29 is 9.18 Å². The number of benzene rings is 1. The number of amides is 1. The molecule has 1 amide bonds. The van der Waals surface area contributed by atoms with Gasteiger partial charge in [0, 0.05) is 48.1 Å². The fourth-order valence-corrected chi connectivity index (χ4v) is 4.93. The average molecular weight is 460 g/mol. The number of nitrogens with two attached hydrogens (primary N) is 2. The van der Waals surface area contributed by atoms with Gasteiger partial charge in [0.25, 0.3) is 0 Å². The van der Waals surface area contributed by atoms with Crippen molar-refractivity contribution >= 4 is 33.9 Å². The molecule has 174 valence electrons. The smallest absolute Gasteiger partial charge is 0.229 e. The molecular formula is C25H26FN7O. The summed E-state index contributed by atoms with van der Waals surface area (Å²) >= 11 is 0. The van der Waals surface area contributed by atoms with E-state index in [-0.39, 0.29) is 28.8 Å². The van der Waals surface area contributed by atoms with Gasteiger partial charge in [0.05, 0.1) is 29.7 Å². The molecule has 0 radical (unpaired) electrons. The SMILES string of the molecule is Cc1c(N)cncc1-c1cc2cc(NC(=O)[C@H]3[C@H](c4cnn(C)c4)C3(C)C)ncc2c(N)c1F. The molecule has 3 heterocycles. The van der Waals surface area contributed by atoms with Gasteiger partial charge in [-0.3, -0.25) is 14.5 Å². The number of aryl methyl sites for hydroxylation is 1. The van der Waals surface area contributed by atoms with Crippen LogP contribution in [-0.4, -0.2) is 25.7 Å². The summed E-state index contributed by atoms with van der Waals surface area (Å²) < 4.78 is 16.9. The van der Waals surface area contributed by atoms with Crippen LogP contribution in [0, 0.1) is 24.1 Å². The first-order valence-electron chi connectivity index (χ1n) is 11.0. The minimum Gasteiger partial charge on any atom is -0.397 e. The van der Waals surface area contributed by atoms with Crippen LogP contribution < -0.4 is 16.8 Å². The van der Waals surface area contributed by atoms with Crippen molar-refractivity contribution in [3.63, 3.8) is 0 Å². The predicted molar refractivity (Wildman–Crippen MR) is 130 cm³/mol. The summed E-state index contributed by atoms with van der Waals surface area (Å²) in [6.07, 6.45) is 8.32. The molecule has 5 N–H and O–H groups in total. The van der Waals surface area contributed by atoms with Crippen LogP contribution in [0.3, 0.4) is 0 Å². The Morgan fingerprint density at radius 2 is 1.91 bits per heavy atom. The van der Waals surface area contributed by atoms with Crippen LogP contribution in [0.5, 0.6) is 0 Å². The van der Waals surface area contributed by atoms with Crippen molar-refractivity contribution in [2.75, 3.05) is 16.8 Å². The molecule has 2 atom stereocenters. The number of nitrogen functional groups attached to an aromatic ring is 2. The van der Waals surface area contributed by atoms with Crippen LogP contribution in [0.15, 0.2) is 43.1 Å². The number of hydrogen-bond donors (Lipinski definition) is 3. The third-order valence-corrected chi connectivity index (χ3v) is 6.99. The highest BCUT2D eigenvalue weighted by atomic mass is 19.1. The first-order valence-corrected chi connectivity index (χ1v) is 11.0. The van der Waals surface area contributed by atoms with Gasteiger partial charge in [-0.2, -0.15) is 5.10 Å². The average Bonchev–Trinajstić information content (AvgIpc) is 3.12. The van der Waals surface area contributed by atoms with Crippen LogP contribution in [-0.2, 0) is 11.8 Å². The van der Waals surface area contributed by atoms with Gasteiger partial charge in [0.1, 0.15) is 5.82 Å². The van der Waals surface area contributed by atoms with Gasteiger partial charge in [-0.25, -0.2) is 9.37 Å². The van der Waals surface area contributed by atoms with E-state index in [0.717, 1.165) is 5.56 Å². The minimum absolute atomic E-state index is 0.0142. The molecule has 0 saturated heterocycles. The second-order valence-electron chi connectivity index (χ2n) is 9.56. The Morgan fingerprint density at radius 3 is 2.62 bits per heavy atom. The summed E-state index contributed by atoms with van der Waals surface area (Å²) in [6, 6.07) is 3.39. The zero-order valence-electron chi connectivity index (χ0n) is 19.4. The molecule has 34 heavy (non-hydrogen) atoms. The third-order valence-electron chi connectivity index (χ3n) is 6.99. The van der Waals surface area contributed by atoms with Crippen molar-refractivity contribution in [1.82, 2.24) is 19.7 Å². The summed E-state index contributed by atoms with van der Waals surface area (Å²) in [5.74, 6) is -0.414. The summed E-state index contributed by atoms with van der Waals surface area (Å²) in [7, 11) is 1.86. The molecule has 9 heteroatoms. The number of pyridine rings is 2. The summed E-state index contributed by atoms with van der Waals surface area (Å²) in [5, 5.41) is 8.28. The summed E-state index contributed by atoms with van der Waals surface area (Å²) in [6.45, 7) is 5.95. The van der Waals surface area contributed by atoms with Gasteiger partial charge >= 0.3 is 0 Å². The molecule has 1 fully saturated rings. The highest BCUT2D eigenvalue weighted by Crippen LogP contribution is 2.64. The van der Waals surface area contributed by atoms with Gasteiger partial charge in [0.15, 0.2) is 5.82 Å². The van der Waals surface area contributed by atoms with Crippen molar-refractivity contribution in [1.29, 1.82) is 0 Å². The number of anilines is 3. The van der Waals surface area contributed by atoms with E-state index >= 15 is 4.39 Å². The standard InChI is InChI=1S/C25H26FN7O/c1-12-16(8-29-10-18(12)27)15-5-13-6-19(30-9-17(13)23(28)22(15)26)32-24(34)21-20(25(21,2)3)14-7-31-33(4)11-14/h5-11,20-21H,27-28H2,1-4H3,(H,30,32,34)/t20-,21+/m0/s1. The Balaban J connectivity index is 1.48. The Morgan fingerprint density at radius 1 is 1.15 bits per heavy atom. The van der Waals surface area contributed by atoms with E-state index in [0.29, 0.717) is 39.0 Å². The molecule has 0 spiro atoms. The lowest BCUT2D eigenvalue weighted by atomic mass is 9.97. The predicted octanol–water partition coefficient (Wildman–Crippen LogP) is 4.02. The van der Waals surface area contributed by atoms with E-state index in [9.17, 15) is 4.79 Å². The quantitative estimate of drug-likeness (QED) is 0.396. The zero-order chi connectivity index (χ0) is 24.4. The van der Waals surface area contributed by atoms with Gasteiger partial charge in [-0.05, 0) is 41.0 Å². The molecule has 0 aliphatic heterocycles. The van der Waals surface area contributed by atoms with E-state index < -0.39 is 5.82 Å². The maximum Gasteiger partial charge on any atom is 0.229 e. The lowest BCUT2D eigenvalue weighted by Crippen LogP contribution is -2.17. The Bertz CT molecular complexity index is 1460. The van der Waals surface area contributed by atoms with Crippen LogP contribution in [0.2, 0.25) is 0 Å². The first kappa shape index (κ1) is 21.8. The fourth-order valence-electron chi connectivity index (χ4n) is 4.93. The molecule has 4 aromatic rings. The van der Waals surface area contributed by atoms with E-state index in [1.165, 1.54) is 12.4 Å². The third kappa shape index (κ3) is 3.35. The lowest BCUT2D eigenvalue weighted by molar-refractivity contribution is -0.118. The lowest BCUT2D eigenvalue weighted by Gasteiger charge is -2.13. The van der Waals surface area contributed by atoms with Crippen LogP contribution in [0.25, 0.3) is 21.9 Å². The van der Waals surface area contributed by atoms with Crippen molar-refractivity contribution in [3.8, 4) is 11.1 Å². The number of carbonyl (C=O) groups excluding carboxylic acids is 1. The van der Waals surface area contributed by atoms with E-state index in [4.69, 9.17) is 11.5 Å². The highest BCUT2D eigenvalue weighted by molar-refractivity contribution is 6.01. The molecular weight excluding hydrogens is 433 g/mol. The topological polar surface area (TPSA) is 125 Å². The normalized spacial score (nSPS) is 18.7. The van der Waals surface area contributed by atoms with E-state index in [2.05, 4.69) is 34.2 Å². The van der Waals surface area contributed by atoms with Gasteiger partial charge < -0.3 is 16.8 Å². The largest absolute Gasteiger partial charge is 0.397 e. The minimum atomic E-state index is -0.555. The molecule has 0 unspecified atom stereocenters. The molecule has 5 rings (SSSR count). The summed E-state index contributed by atoms with van der Waals surface area (Å²) in [4.78, 5) is 21.5. The number of nitrogens with zero attached hydrogens (tertiary/aromatic N) is 4. The van der Waals surface area contributed by atoms with E-state index in [1.807, 2.05) is 13.2 Å². The van der Waals surface area contributed by atoms with Crippen molar-refractivity contribution in [3.05, 3.63) is 60.1 Å². The maximum absolute atomic E-state index is 15.1. The van der Waals surface area contributed by atoms with Gasteiger partial charge in [-0.1, -0.05) is 13.8 Å².